The second-order valence-corrected chi connectivity index (χ2v) is 9.27. The summed E-state index contributed by atoms with van der Waals surface area (Å²) in [6.45, 7) is 9.63. The predicted molar refractivity (Wildman–Crippen MR) is 115 cm³/mol. The Labute approximate surface area is 176 Å². The Morgan fingerprint density at radius 3 is 2.55 bits per heavy atom. The molecule has 6 nitrogen and oxygen atoms in total. The largest absolute Gasteiger partial charge is 0.378 e. The fourth-order valence-electron chi connectivity index (χ4n) is 5.88. The van der Waals surface area contributed by atoms with Crippen LogP contribution in [0.2, 0.25) is 0 Å². The Kier molecular flexibility index (Phi) is 7.35. The zero-order chi connectivity index (χ0) is 20.1. The average Bonchev–Trinajstić information content (AvgIpc) is 3.44. The second-order valence-electron chi connectivity index (χ2n) is 9.27. The zero-order valence-corrected chi connectivity index (χ0v) is 18.5. The van der Waals surface area contributed by atoms with Gasteiger partial charge in [-0.25, -0.2) is 0 Å². The van der Waals surface area contributed by atoms with Crippen LogP contribution in [0, 0.1) is 5.41 Å². The van der Waals surface area contributed by atoms with Crippen LogP contribution in [0.5, 0.6) is 0 Å². The Morgan fingerprint density at radius 2 is 1.90 bits per heavy atom. The van der Waals surface area contributed by atoms with E-state index in [9.17, 15) is 0 Å². The van der Waals surface area contributed by atoms with Crippen LogP contribution in [0.25, 0.3) is 0 Å². The number of guanidine groups is 1. The number of nitrogens with one attached hydrogen (secondary N) is 1. The molecule has 0 aromatic rings. The van der Waals surface area contributed by atoms with E-state index in [0.29, 0.717) is 29.8 Å². The van der Waals surface area contributed by atoms with Crippen molar-refractivity contribution in [2.75, 3.05) is 39.5 Å². The maximum absolute atomic E-state index is 6.16. The minimum absolute atomic E-state index is 0.325. The van der Waals surface area contributed by atoms with E-state index in [2.05, 4.69) is 24.1 Å². The molecule has 4 rings (SSSR count). The third-order valence-electron chi connectivity index (χ3n) is 7.58. The molecule has 0 bridgehead atoms. The molecule has 0 amide bonds. The van der Waals surface area contributed by atoms with E-state index in [1.54, 1.807) is 0 Å². The summed E-state index contributed by atoms with van der Waals surface area (Å²) in [5.41, 5.74) is 0.341. The molecule has 3 atom stereocenters. The second kappa shape index (κ2) is 9.97. The highest BCUT2D eigenvalue weighted by molar-refractivity contribution is 5.80. The number of ether oxygens (including phenoxy) is 3. The molecule has 6 heteroatoms. The maximum atomic E-state index is 6.16. The van der Waals surface area contributed by atoms with E-state index >= 15 is 0 Å². The Bertz CT molecular complexity index is 535. The molecule has 2 heterocycles. The van der Waals surface area contributed by atoms with Crippen LogP contribution in [0.3, 0.4) is 0 Å². The fraction of sp³-hybridized carbons (Fsp3) is 0.957. The van der Waals surface area contributed by atoms with Crippen LogP contribution in [0.15, 0.2) is 4.99 Å². The van der Waals surface area contributed by atoms with Crippen molar-refractivity contribution in [1.29, 1.82) is 0 Å². The Morgan fingerprint density at radius 1 is 1.10 bits per heavy atom. The van der Waals surface area contributed by atoms with E-state index in [1.165, 1.54) is 32.1 Å². The van der Waals surface area contributed by atoms with Crippen LogP contribution >= 0.6 is 0 Å². The van der Waals surface area contributed by atoms with Gasteiger partial charge in [0.05, 0.1) is 24.9 Å². The number of rotatable bonds is 7. The summed E-state index contributed by atoms with van der Waals surface area (Å²) in [6.07, 6.45) is 12.0. The molecule has 2 aliphatic carbocycles. The molecular weight excluding hydrogens is 366 g/mol. The predicted octanol–water partition coefficient (Wildman–Crippen LogP) is 3.35. The highest BCUT2D eigenvalue weighted by Gasteiger charge is 2.57. The number of aliphatic imine (C=N–C) groups is 1. The molecule has 0 radical (unpaired) electrons. The molecule has 0 aromatic heterocycles. The highest BCUT2D eigenvalue weighted by atomic mass is 16.5. The topological polar surface area (TPSA) is 55.3 Å². The quantitative estimate of drug-likeness (QED) is 0.518. The molecule has 4 aliphatic rings. The number of hydrogen-bond donors (Lipinski definition) is 1. The van der Waals surface area contributed by atoms with Gasteiger partial charge in [-0.05, 0) is 58.8 Å². The van der Waals surface area contributed by atoms with Gasteiger partial charge < -0.3 is 24.4 Å². The van der Waals surface area contributed by atoms with Crippen LogP contribution < -0.4 is 5.32 Å². The third kappa shape index (κ3) is 4.75. The van der Waals surface area contributed by atoms with E-state index in [4.69, 9.17) is 19.2 Å². The fourth-order valence-corrected chi connectivity index (χ4v) is 5.88. The van der Waals surface area contributed by atoms with Crippen molar-refractivity contribution >= 4 is 5.96 Å². The molecule has 3 unspecified atom stereocenters. The highest BCUT2D eigenvalue weighted by Crippen LogP contribution is 2.54. The summed E-state index contributed by atoms with van der Waals surface area (Å²) in [5, 5.41) is 3.87. The van der Waals surface area contributed by atoms with Gasteiger partial charge in [0.1, 0.15) is 0 Å². The molecule has 1 spiro atoms. The standard InChI is InChI=1S/C23H41N3O3/c1-3-24-22(25-20-16-21(27-4-2)23(20)11-5-6-12-23)26-13-9-18(10-14-26)29-17-19-8-7-15-28-19/h18-21H,3-17H2,1-2H3,(H,24,25). The van der Waals surface area contributed by atoms with Gasteiger partial charge in [0.15, 0.2) is 5.96 Å². The van der Waals surface area contributed by atoms with Crippen molar-refractivity contribution in [3.63, 3.8) is 0 Å². The van der Waals surface area contributed by atoms with Crippen molar-refractivity contribution in [3.05, 3.63) is 0 Å². The SMILES string of the molecule is CCN=C(NC1CC(OCC)C12CCCC2)N1CCC(OCC2CCCO2)CC1. The molecule has 2 aliphatic heterocycles. The van der Waals surface area contributed by atoms with Gasteiger partial charge in [-0.15, -0.1) is 0 Å². The smallest absolute Gasteiger partial charge is 0.194 e. The van der Waals surface area contributed by atoms with Crippen LogP contribution in [0.4, 0.5) is 0 Å². The number of likely N-dealkylation sites (tertiary alicyclic amines) is 1. The first-order valence-electron chi connectivity index (χ1n) is 12.2. The van der Waals surface area contributed by atoms with E-state index in [-0.39, 0.29) is 0 Å². The molecule has 2 saturated carbocycles. The molecule has 4 fully saturated rings. The minimum atomic E-state index is 0.325. The van der Waals surface area contributed by atoms with Gasteiger partial charge in [0.25, 0.3) is 0 Å². The lowest BCUT2D eigenvalue weighted by Crippen LogP contribution is -2.65. The molecule has 166 valence electrons. The third-order valence-corrected chi connectivity index (χ3v) is 7.58. The summed E-state index contributed by atoms with van der Waals surface area (Å²) in [5.74, 6) is 1.11. The minimum Gasteiger partial charge on any atom is -0.378 e. The van der Waals surface area contributed by atoms with E-state index < -0.39 is 0 Å². The zero-order valence-electron chi connectivity index (χ0n) is 18.5. The molecule has 1 N–H and O–H groups in total. The van der Waals surface area contributed by atoms with Gasteiger partial charge in [-0.3, -0.25) is 4.99 Å². The van der Waals surface area contributed by atoms with Crippen molar-refractivity contribution in [2.24, 2.45) is 10.4 Å². The van der Waals surface area contributed by atoms with Gasteiger partial charge in [0, 0.05) is 44.3 Å². The first kappa shape index (κ1) is 21.4. The van der Waals surface area contributed by atoms with Crippen molar-refractivity contribution < 1.29 is 14.2 Å². The molecule has 2 saturated heterocycles. The summed E-state index contributed by atoms with van der Waals surface area (Å²) >= 11 is 0. The monoisotopic (exact) mass is 407 g/mol. The van der Waals surface area contributed by atoms with Crippen LogP contribution in [-0.2, 0) is 14.2 Å². The van der Waals surface area contributed by atoms with Crippen molar-refractivity contribution in [3.8, 4) is 0 Å². The summed E-state index contributed by atoms with van der Waals surface area (Å²) in [6, 6.07) is 0.514. The van der Waals surface area contributed by atoms with Crippen molar-refractivity contribution in [1.82, 2.24) is 10.2 Å². The average molecular weight is 408 g/mol. The molecule has 29 heavy (non-hydrogen) atoms. The summed E-state index contributed by atoms with van der Waals surface area (Å²) in [4.78, 5) is 7.31. The maximum Gasteiger partial charge on any atom is 0.194 e. The Balaban J connectivity index is 1.28. The van der Waals surface area contributed by atoms with Crippen molar-refractivity contribution in [2.45, 2.75) is 96.0 Å². The normalized spacial score (nSPS) is 32.7. The van der Waals surface area contributed by atoms with Crippen LogP contribution in [-0.4, -0.2) is 74.7 Å². The lowest BCUT2D eigenvalue weighted by Gasteiger charge is -2.55. The van der Waals surface area contributed by atoms with E-state index in [1.807, 2.05) is 0 Å². The number of nitrogens with zero attached hydrogens (tertiary/aromatic N) is 2. The summed E-state index contributed by atoms with van der Waals surface area (Å²) in [7, 11) is 0. The lowest BCUT2D eigenvalue weighted by atomic mass is 9.60. The number of hydrogen-bond acceptors (Lipinski definition) is 4. The van der Waals surface area contributed by atoms with Gasteiger partial charge in [-0.2, -0.15) is 0 Å². The van der Waals surface area contributed by atoms with Crippen LogP contribution in [0.1, 0.15) is 71.6 Å². The first-order valence-corrected chi connectivity index (χ1v) is 12.2. The summed E-state index contributed by atoms with van der Waals surface area (Å²) < 4.78 is 17.9. The van der Waals surface area contributed by atoms with Gasteiger partial charge >= 0.3 is 0 Å². The number of piperidine rings is 1. The van der Waals surface area contributed by atoms with E-state index in [0.717, 1.165) is 71.1 Å². The van der Waals surface area contributed by atoms with Gasteiger partial charge in [-0.1, -0.05) is 12.8 Å². The Hall–Kier alpha value is -0.850. The first-order chi connectivity index (χ1) is 14.2. The van der Waals surface area contributed by atoms with Gasteiger partial charge in [0.2, 0.25) is 0 Å². The lowest BCUT2D eigenvalue weighted by molar-refractivity contribution is -0.126. The molecule has 0 aromatic carbocycles. The molecular formula is C23H41N3O3.